The molecule has 0 saturated carbocycles. The second-order valence-electron chi connectivity index (χ2n) is 3.58. The third-order valence-corrected chi connectivity index (χ3v) is 2.36. The molecular weight excluding hydrogens is 192 g/mol. The van der Waals surface area contributed by atoms with Crippen molar-refractivity contribution in [3.63, 3.8) is 0 Å². The van der Waals surface area contributed by atoms with Crippen molar-refractivity contribution >= 4 is 0 Å². The van der Waals surface area contributed by atoms with Gasteiger partial charge >= 0.3 is 0 Å². The van der Waals surface area contributed by atoms with E-state index in [2.05, 4.69) is 12.0 Å². The van der Waals surface area contributed by atoms with E-state index in [1.54, 1.807) is 6.20 Å². The van der Waals surface area contributed by atoms with E-state index in [-0.39, 0.29) is 6.10 Å². The molecule has 4 heteroatoms. The van der Waals surface area contributed by atoms with E-state index >= 15 is 0 Å². The maximum atomic E-state index is 10.0. The Balaban J connectivity index is 2.71. The van der Waals surface area contributed by atoms with Crippen molar-refractivity contribution in [2.24, 2.45) is 0 Å². The van der Waals surface area contributed by atoms with Crippen molar-refractivity contribution in [3.8, 4) is 0 Å². The molecule has 2 unspecified atom stereocenters. The highest BCUT2D eigenvalue weighted by atomic mass is 16.5. The van der Waals surface area contributed by atoms with Gasteiger partial charge in [0.25, 0.3) is 0 Å². The first-order valence-electron chi connectivity index (χ1n) is 5.52. The summed E-state index contributed by atoms with van der Waals surface area (Å²) in [5.74, 6) is 0. The summed E-state index contributed by atoms with van der Waals surface area (Å²) in [6, 6.07) is 1.84. The smallest absolute Gasteiger partial charge is 0.121 e. The predicted molar refractivity (Wildman–Crippen MR) is 58.6 cm³/mol. The van der Waals surface area contributed by atoms with Gasteiger partial charge in [0.15, 0.2) is 0 Å². The lowest BCUT2D eigenvalue weighted by molar-refractivity contribution is -0.0265. The molecule has 4 nitrogen and oxygen atoms in total. The van der Waals surface area contributed by atoms with Crippen LogP contribution in [0, 0.1) is 0 Å². The SMILES string of the molecule is CCCn1nccc1C(O)C(C)OCC. The highest BCUT2D eigenvalue weighted by Crippen LogP contribution is 2.18. The van der Waals surface area contributed by atoms with Crippen LogP contribution in [0.3, 0.4) is 0 Å². The second kappa shape index (κ2) is 5.88. The minimum absolute atomic E-state index is 0.192. The van der Waals surface area contributed by atoms with Gasteiger partial charge in [-0.3, -0.25) is 4.68 Å². The van der Waals surface area contributed by atoms with Gasteiger partial charge in [-0.15, -0.1) is 0 Å². The first kappa shape index (κ1) is 12.2. The van der Waals surface area contributed by atoms with Gasteiger partial charge in [0, 0.05) is 19.3 Å². The van der Waals surface area contributed by atoms with E-state index in [9.17, 15) is 5.11 Å². The van der Waals surface area contributed by atoms with Crippen LogP contribution in [0.15, 0.2) is 12.3 Å². The van der Waals surface area contributed by atoms with Crippen LogP contribution in [0.1, 0.15) is 39.0 Å². The topological polar surface area (TPSA) is 47.3 Å². The first-order chi connectivity index (χ1) is 7.20. The lowest BCUT2D eigenvalue weighted by Gasteiger charge is -2.19. The Morgan fingerprint density at radius 1 is 1.53 bits per heavy atom. The summed E-state index contributed by atoms with van der Waals surface area (Å²) in [6.45, 7) is 7.33. The van der Waals surface area contributed by atoms with Gasteiger partial charge in [0.05, 0.1) is 11.8 Å². The molecule has 1 N–H and O–H groups in total. The molecule has 0 radical (unpaired) electrons. The molecule has 86 valence electrons. The van der Waals surface area contributed by atoms with Gasteiger partial charge in [-0.1, -0.05) is 6.92 Å². The molecule has 15 heavy (non-hydrogen) atoms. The third-order valence-electron chi connectivity index (χ3n) is 2.36. The van der Waals surface area contributed by atoms with Crippen molar-refractivity contribution in [2.45, 2.75) is 45.9 Å². The molecule has 1 heterocycles. The van der Waals surface area contributed by atoms with Crippen molar-refractivity contribution in [2.75, 3.05) is 6.61 Å². The van der Waals surface area contributed by atoms with Crippen molar-refractivity contribution in [3.05, 3.63) is 18.0 Å². The molecule has 0 spiro atoms. The molecular formula is C11H20N2O2. The number of nitrogens with zero attached hydrogens (tertiary/aromatic N) is 2. The van der Waals surface area contributed by atoms with Crippen LogP contribution < -0.4 is 0 Å². The van der Waals surface area contributed by atoms with Gasteiger partial charge in [-0.2, -0.15) is 5.10 Å². The van der Waals surface area contributed by atoms with Crippen molar-refractivity contribution < 1.29 is 9.84 Å². The van der Waals surface area contributed by atoms with Crippen molar-refractivity contribution in [1.29, 1.82) is 0 Å². The molecule has 2 atom stereocenters. The van der Waals surface area contributed by atoms with Crippen LogP contribution in [-0.2, 0) is 11.3 Å². The zero-order valence-electron chi connectivity index (χ0n) is 9.68. The summed E-state index contributed by atoms with van der Waals surface area (Å²) in [4.78, 5) is 0. The number of ether oxygens (including phenoxy) is 1. The van der Waals surface area contributed by atoms with Crippen molar-refractivity contribution in [1.82, 2.24) is 9.78 Å². The fourth-order valence-corrected chi connectivity index (χ4v) is 1.59. The molecule has 0 fully saturated rings. The monoisotopic (exact) mass is 212 g/mol. The molecule has 0 aliphatic carbocycles. The molecule has 0 amide bonds. The molecule has 1 aromatic rings. The zero-order chi connectivity index (χ0) is 11.3. The van der Waals surface area contributed by atoms with Crippen LogP contribution in [-0.4, -0.2) is 27.6 Å². The molecule has 0 aliphatic heterocycles. The van der Waals surface area contributed by atoms with E-state index in [0.717, 1.165) is 18.7 Å². The average molecular weight is 212 g/mol. The Morgan fingerprint density at radius 3 is 2.87 bits per heavy atom. The normalized spacial score (nSPS) is 15.2. The maximum Gasteiger partial charge on any atom is 0.121 e. The lowest BCUT2D eigenvalue weighted by Crippen LogP contribution is -2.21. The average Bonchev–Trinajstić information content (AvgIpc) is 2.66. The Labute approximate surface area is 90.9 Å². The first-order valence-corrected chi connectivity index (χ1v) is 5.52. The summed E-state index contributed by atoms with van der Waals surface area (Å²) >= 11 is 0. The summed E-state index contributed by atoms with van der Waals surface area (Å²) in [5, 5.41) is 14.2. The summed E-state index contributed by atoms with van der Waals surface area (Å²) in [6.07, 6.45) is 1.93. The lowest BCUT2D eigenvalue weighted by atomic mass is 10.1. The molecule has 0 aliphatic rings. The molecule has 1 aromatic heterocycles. The number of aliphatic hydroxyl groups excluding tert-OH is 1. The highest BCUT2D eigenvalue weighted by Gasteiger charge is 2.19. The Bertz CT molecular complexity index is 286. The number of aromatic nitrogens is 2. The van der Waals surface area contributed by atoms with Crippen LogP contribution >= 0.6 is 0 Å². The molecule has 0 bridgehead atoms. The number of rotatable bonds is 6. The van der Waals surface area contributed by atoms with Crippen LogP contribution in [0.2, 0.25) is 0 Å². The van der Waals surface area contributed by atoms with Crippen LogP contribution in [0.25, 0.3) is 0 Å². The highest BCUT2D eigenvalue weighted by molar-refractivity contribution is 5.06. The Kier molecular flexibility index (Phi) is 4.78. The number of hydrogen-bond acceptors (Lipinski definition) is 3. The minimum Gasteiger partial charge on any atom is -0.384 e. The maximum absolute atomic E-state index is 10.0. The Hall–Kier alpha value is -0.870. The zero-order valence-corrected chi connectivity index (χ0v) is 9.68. The number of aryl methyl sites for hydroxylation is 1. The molecule has 0 saturated heterocycles. The second-order valence-corrected chi connectivity index (χ2v) is 3.58. The van der Waals surface area contributed by atoms with E-state index in [4.69, 9.17) is 4.74 Å². The van der Waals surface area contributed by atoms with E-state index in [0.29, 0.717) is 6.61 Å². The standard InChI is InChI=1S/C11H20N2O2/c1-4-8-13-10(6-7-12-13)11(14)9(3)15-5-2/h6-7,9,11,14H,4-5,8H2,1-3H3. The number of hydrogen-bond donors (Lipinski definition) is 1. The van der Waals surface area contributed by atoms with Gasteiger partial charge in [0.2, 0.25) is 0 Å². The summed E-state index contributed by atoms with van der Waals surface area (Å²) in [7, 11) is 0. The van der Waals surface area contributed by atoms with Gasteiger partial charge in [-0.25, -0.2) is 0 Å². The van der Waals surface area contributed by atoms with Gasteiger partial charge in [0.1, 0.15) is 6.10 Å². The predicted octanol–water partition coefficient (Wildman–Crippen LogP) is 1.75. The quantitative estimate of drug-likeness (QED) is 0.781. The summed E-state index contributed by atoms with van der Waals surface area (Å²) < 4.78 is 7.20. The fourth-order valence-electron chi connectivity index (χ4n) is 1.59. The minimum atomic E-state index is -0.598. The third kappa shape index (κ3) is 3.04. The molecule has 1 rings (SSSR count). The van der Waals surface area contributed by atoms with E-state index in [1.807, 2.05) is 24.6 Å². The van der Waals surface area contributed by atoms with Crippen LogP contribution in [0.4, 0.5) is 0 Å². The van der Waals surface area contributed by atoms with E-state index < -0.39 is 6.10 Å². The Morgan fingerprint density at radius 2 is 2.27 bits per heavy atom. The fraction of sp³-hybridized carbons (Fsp3) is 0.727. The van der Waals surface area contributed by atoms with Gasteiger partial charge in [-0.05, 0) is 26.3 Å². The van der Waals surface area contributed by atoms with E-state index in [1.165, 1.54) is 0 Å². The number of aliphatic hydroxyl groups is 1. The van der Waals surface area contributed by atoms with Crippen LogP contribution in [0.5, 0.6) is 0 Å². The molecule has 0 aromatic carbocycles. The largest absolute Gasteiger partial charge is 0.384 e. The summed E-state index contributed by atoms with van der Waals surface area (Å²) in [5.41, 5.74) is 0.831. The van der Waals surface area contributed by atoms with Gasteiger partial charge < -0.3 is 9.84 Å².